The number of rotatable bonds is 3. The van der Waals surface area contributed by atoms with Gasteiger partial charge < -0.3 is 4.90 Å². The second kappa shape index (κ2) is 6.14. The number of aromatic nitrogens is 1. The van der Waals surface area contributed by atoms with E-state index < -0.39 is 5.82 Å². The van der Waals surface area contributed by atoms with E-state index in [0.29, 0.717) is 23.9 Å². The van der Waals surface area contributed by atoms with E-state index in [1.807, 2.05) is 0 Å². The lowest BCUT2D eigenvalue weighted by molar-refractivity contribution is 0.0670. The molecule has 0 bridgehead atoms. The van der Waals surface area contributed by atoms with E-state index in [9.17, 15) is 9.18 Å². The minimum Gasteiger partial charge on any atom is -0.338 e. The van der Waals surface area contributed by atoms with Crippen LogP contribution in [0.4, 0.5) is 4.39 Å². The Morgan fingerprint density at radius 3 is 3.11 bits per heavy atom. The van der Waals surface area contributed by atoms with E-state index in [0.717, 1.165) is 32.0 Å². The van der Waals surface area contributed by atoms with Gasteiger partial charge in [0.05, 0.1) is 11.8 Å². The summed E-state index contributed by atoms with van der Waals surface area (Å²) in [6.07, 6.45) is 5.53. The number of hydrogen-bond donors (Lipinski definition) is 0. The molecule has 98 valence electrons. The van der Waals surface area contributed by atoms with Gasteiger partial charge in [0.1, 0.15) is 5.82 Å². The van der Waals surface area contributed by atoms with Gasteiger partial charge in [-0.2, -0.15) is 0 Å². The van der Waals surface area contributed by atoms with Crippen molar-refractivity contribution in [2.24, 2.45) is 5.92 Å². The highest BCUT2D eigenvalue weighted by Crippen LogP contribution is 2.21. The quantitative estimate of drug-likeness (QED) is 0.791. The number of pyridine rings is 1. The predicted octanol–water partition coefficient (Wildman–Crippen LogP) is 2.70. The highest BCUT2D eigenvalue weighted by molar-refractivity contribution is 6.17. The van der Waals surface area contributed by atoms with Crippen LogP contribution in [0.15, 0.2) is 18.5 Å². The molecular weight excluding hydrogens is 255 g/mol. The zero-order chi connectivity index (χ0) is 13.0. The fourth-order valence-corrected chi connectivity index (χ4v) is 2.66. The van der Waals surface area contributed by atoms with Gasteiger partial charge in [-0.3, -0.25) is 9.78 Å². The summed E-state index contributed by atoms with van der Waals surface area (Å²) in [6, 6.07) is 1.24. The molecule has 0 radical (unpaired) electrons. The average molecular weight is 271 g/mol. The van der Waals surface area contributed by atoms with Gasteiger partial charge in [0, 0.05) is 25.2 Å². The maximum Gasteiger partial charge on any atom is 0.255 e. The number of carbonyl (C=O) groups is 1. The first-order valence-corrected chi connectivity index (χ1v) is 6.70. The molecular formula is C13H16ClFN2O. The molecule has 1 unspecified atom stereocenters. The Bertz CT molecular complexity index is 425. The van der Waals surface area contributed by atoms with Crippen molar-refractivity contribution in [3.05, 3.63) is 29.8 Å². The van der Waals surface area contributed by atoms with E-state index in [1.54, 1.807) is 4.90 Å². The Balaban J connectivity index is 2.04. The minimum atomic E-state index is -0.477. The van der Waals surface area contributed by atoms with Gasteiger partial charge in [-0.1, -0.05) is 0 Å². The van der Waals surface area contributed by atoms with Crippen molar-refractivity contribution in [1.82, 2.24) is 9.88 Å². The fourth-order valence-electron chi connectivity index (χ4n) is 2.35. The van der Waals surface area contributed by atoms with Crippen molar-refractivity contribution in [2.75, 3.05) is 19.0 Å². The van der Waals surface area contributed by atoms with Gasteiger partial charge in [-0.15, -0.1) is 11.6 Å². The first-order valence-electron chi connectivity index (χ1n) is 6.16. The third-order valence-corrected chi connectivity index (χ3v) is 3.49. The monoisotopic (exact) mass is 270 g/mol. The summed E-state index contributed by atoms with van der Waals surface area (Å²) in [5.41, 5.74) is 0.321. The Morgan fingerprint density at radius 1 is 1.56 bits per heavy atom. The van der Waals surface area contributed by atoms with Gasteiger partial charge in [0.25, 0.3) is 5.91 Å². The first-order chi connectivity index (χ1) is 8.70. The van der Waals surface area contributed by atoms with E-state index in [-0.39, 0.29) is 5.91 Å². The standard InChI is InChI=1S/C13H16ClFN2O/c14-4-3-10-2-1-5-17(9-10)13(18)11-6-12(15)8-16-7-11/h6-8,10H,1-5,9H2. The lowest BCUT2D eigenvalue weighted by Gasteiger charge is -2.32. The summed E-state index contributed by atoms with van der Waals surface area (Å²) in [6.45, 7) is 1.44. The van der Waals surface area contributed by atoms with Crippen LogP contribution < -0.4 is 0 Å². The van der Waals surface area contributed by atoms with Crippen molar-refractivity contribution >= 4 is 17.5 Å². The van der Waals surface area contributed by atoms with Crippen LogP contribution >= 0.6 is 11.6 Å². The number of nitrogens with zero attached hydrogens (tertiary/aromatic N) is 2. The largest absolute Gasteiger partial charge is 0.338 e. The van der Waals surface area contributed by atoms with Crippen LogP contribution in [0.1, 0.15) is 29.6 Å². The molecule has 0 aromatic carbocycles. The number of amides is 1. The molecule has 1 aromatic heterocycles. The minimum absolute atomic E-state index is 0.138. The molecule has 0 spiro atoms. The second-order valence-corrected chi connectivity index (χ2v) is 5.01. The van der Waals surface area contributed by atoms with Crippen LogP contribution in [-0.2, 0) is 0 Å². The smallest absolute Gasteiger partial charge is 0.255 e. The lowest BCUT2D eigenvalue weighted by Crippen LogP contribution is -2.40. The normalized spacial score (nSPS) is 19.9. The SMILES string of the molecule is O=C(c1cncc(F)c1)N1CCCC(CCCl)C1. The van der Waals surface area contributed by atoms with E-state index >= 15 is 0 Å². The molecule has 1 aromatic rings. The van der Waals surface area contributed by atoms with Gasteiger partial charge >= 0.3 is 0 Å². The molecule has 3 nitrogen and oxygen atoms in total. The summed E-state index contributed by atoms with van der Waals surface area (Å²) < 4.78 is 13.0. The van der Waals surface area contributed by atoms with Crippen molar-refractivity contribution in [2.45, 2.75) is 19.3 Å². The summed E-state index contributed by atoms with van der Waals surface area (Å²) in [5.74, 6) is 0.465. The molecule has 0 N–H and O–H groups in total. The fraction of sp³-hybridized carbons (Fsp3) is 0.538. The Labute approximate surface area is 111 Å². The van der Waals surface area contributed by atoms with Crippen molar-refractivity contribution in [3.63, 3.8) is 0 Å². The highest BCUT2D eigenvalue weighted by atomic mass is 35.5. The van der Waals surface area contributed by atoms with Crippen molar-refractivity contribution in [3.8, 4) is 0 Å². The summed E-state index contributed by atoms with van der Waals surface area (Å²) in [5, 5.41) is 0. The molecule has 2 heterocycles. The Morgan fingerprint density at radius 2 is 2.39 bits per heavy atom. The molecule has 1 amide bonds. The predicted molar refractivity (Wildman–Crippen MR) is 68.2 cm³/mol. The Hall–Kier alpha value is -1.16. The number of piperidine rings is 1. The summed E-state index contributed by atoms with van der Waals surface area (Å²) >= 11 is 5.74. The molecule has 1 atom stereocenters. The van der Waals surface area contributed by atoms with E-state index in [2.05, 4.69) is 4.98 Å². The Kier molecular flexibility index (Phi) is 4.53. The number of halogens is 2. The van der Waals surface area contributed by atoms with Crippen LogP contribution in [0.5, 0.6) is 0 Å². The van der Waals surface area contributed by atoms with Crippen molar-refractivity contribution in [1.29, 1.82) is 0 Å². The highest BCUT2D eigenvalue weighted by Gasteiger charge is 2.24. The summed E-state index contributed by atoms with van der Waals surface area (Å²) in [7, 11) is 0. The van der Waals surface area contributed by atoms with Crippen LogP contribution in [0.3, 0.4) is 0 Å². The number of likely N-dealkylation sites (tertiary alicyclic amines) is 1. The molecule has 0 aliphatic carbocycles. The molecule has 2 rings (SSSR count). The lowest BCUT2D eigenvalue weighted by atomic mass is 9.95. The van der Waals surface area contributed by atoms with Crippen LogP contribution in [0.2, 0.25) is 0 Å². The van der Waals surface area contributed by atoms with Gasteiger partial charge in [0.15, 0.2) is 0 Å². The maximum atomic E-state index is 13.0. The first kappa shape index (κ1) is 13.3. The second-order valence-electron chi connectivity index (χ2n) is 4.63. The molecule has 18 heavy (non-hydrogen) atoms. The van der Waals surface area contributed by atoms with Gasteiger partial charge in [0.2, 0.25) is 0 Å². The average Bonchev–Trinajstić information content (AvgIpc) is 2.39. The van der Waals surface area contributed by atoms with Crippen LogP contribution in [-0.4, -0.2) is 34.8 Å². The molecule has 1 fully saturated rings. The van der Waals surface area contributed by atoms with Crippen molar-refractivity contribution < 1.29 is 9.18 Å². The third kappa shape index (κ3) is 3.19. The maximum absolute atomic E-state index is 13.0. The molecule has 0 saturated carbocycles. The number of carbonyl (C=O) groups excluding carboxylic acids is 1. The van der Waals surface area contributed by atoms with Gasteiger partial charge in [-0.25, -0.2) is 4.39 Å². The topological polar surface area (TPSA) is 33.2 Å². The molecule has 1 aliphatic rings. The van der Waals surface area contributed by atoms with Crippen LogP contribution in [0.25, 0.3) is 0 Å². The molecule has 1 saturated heterocycles. The molecule has 5 heteroatoms. The third-order valence-electron chi connectivity index (χ3n) is 3.28. The number of alkyl halides is 1. The van der Waals surface area contributed by atoms with Gasteiger partial charge in [-0.05, 0) is 31.2 Å². The van der Waals surface area contributed by atoms with E-state index in [1.165, 1.54) is 12.3 Å². The summed E-state index contributed by atoms with van der Waals surface area (Å²) in [4.78, 5) is 17.7. The van der Waals surface area contributed by atoms with Crippen LogP contribution in [0, 0.1) is 11.7 Å². The molecule has 1 aliphatic heterocycles. The zero-order valence-electron chi connectivity index (χ0n) is 10.1. The zero-order valence-corrected chi connectivity index (χ0v) is 10.9. The van der Waals surface area contributed by atoms with E-state index in [4.69, 9.17) is 11.6 Å². The number of hydrogen-bond acceptors (Lipinski definition) is 2.